The molecule has 2 aromatic carbocycles. The average Bonchev–Trinajstić information content (AvgIpc) is 2.45. The third kappa shape index (κ3) is 3.71. The van der Waals surface area contributed by atoms with Gasteiger partial charge in [-0.3, -0.25) is 0 Å². The largest absolute Gasteiger partial charge is 0.494 e. The zero-order valence-electron chi connectivity index (χ0n) is 11.0. The lowest BCUT2D eigenvalue weighted by molar-refractivity contribution is 0.415. The maximum Gasteiger partial charge on any atom is 0.156 e. The molecule has 2 rings (SSSR count). The molecule has 0 N–H and O–H groups in total. The number of nitriles is 1. The Morgan fingerprint density at radius 1 is 1.10 bits per heavy atom. The molecule has 106 valence electrons. The zero-order chi connectivity index (χ0) is 15.4. The van der Waals surface area contributed by atoms with E-state index in [9.17, 15) is 5.26 Å². The molecule has 0 aliphatic rings. The van der Waals surface area contributed by atoms with Gasteiger partial charge in [-0.2, -0.15) is 5.26 Å². The molecule has 0 atom stereocenters. The van der Waals surface area contributed by atoms with Crippen LogP contribution in [0, 0.1) is 11.3 Å². The summed E-state index contributed by atoms with van der Waals surface area (Å²) in [5.74, 6) is 0.417. The van der Waals surface area contributed by atoms with Crippen LogP contribution in [0.2, 0.25) is 15.1 Å². The minimum Gasteiger partial charge on any atom is -0.494 e. The minimum atomic E-state index is 0.393. The molecule has 0 fully saturated rings. The molecule has 2 aromatic rings. The average molecular weight is 339 g/mol. The van der Waals surface area contributed by atoms with Gasteiger partial charge in [0, 0.05) is 5.02 Å². The number of allylic oxidation sites excluding steroid dienone is 1. The highest BCUT2D eigenvalue weighted by Crippen LogP contribution is 2.35. The van der Waals surface area contributed by atoms with E-state index in [1.165, 1.54) is 7.11 Å². The van der Waals surface area contributed by atoms with Crippen LogP contribution in [-0.2, 0) is 0 Å². The molecule has 0 amide bonds. The second kappa shape index (κ2) is 6.87. The predicted molar refractivity (Wildman–Crippen MR) is 88.0 cm³/mol. The van der Waals surface area contributed by atoms with Gasteiger partial charge in [0.15, 0.2) is 5.75 Å². The highest BCUT2D eigenvalue weighted by molar-refractivity contribution is 6.37. The number of rotatable bonds is 3. The van der Waals surface area contributed by atoms with Crippen LogP contribution in [0.25, 0.3) is 11.6 Å². The van der Waals surface area contributed by atoms with Gasteiger partial charge in [0.1, 0.15) is 0 Å². The van der Waals surface area contributed by atoms with Crippen LogP contribution in [-0.4, -0.2) is 7.11 Å². The Balaban J connectivity index is 2.46. The lowest BCUT2D eigenvalue weighted by Gasteiger charge is -2.07. The molecular formula is C16H10Cl3NO. The van der Waals surface area contributed by atoms with E-state index in [0.29, 0.717) is 26.4 Å². The van der Waals surface area contributed by atoms with E-state index in [1.54, 1.807) is 42.5 Å². The summed E-state index contributed by atoms with van der Waals surface area (Å²) in [4.78, 5) is 0. The van der Waals surface area contributed by atoms with E-state index in [4.69, 9.17) is 39.5 Å². The first-order chi connectivity index (χ1) is 10.0. The third-order valence-corrected chi connectivity index (χ3v) is 3.62. The standard InChI is InChI=1S/C16H10Cl3NO/c1-21-16-14(18)7-10(8-15(16)19)6-12(9-20)11-2-4-13(17)5-3-11/h2-8H,1H3. The topological polar surface area (TPSA) is 33.0 Å². The lowest BCUT2D eigenvalue weighted by Crippen LogP contribution is -1.87. The number of ether oxygens (including phenoxy) is 1. The Bertz CT molecular complexity index is 707. The predicted octanol–water partition coefficient (Wildman–Crippen LogP) is 5.72. The van der Waals surface area contributed by atoms with Crippen LogP contribution in [0.4, 0.5) is 0 Å². The summed E-state index contributed by atoms with van der Waals surface area (Å²) >= 11 is 18.0. The van der Waals surface area contributed by atoms with E-state index < -0.39 is 0 Å². The van der Waals surface area contributed by atoms with Gasteiger partial charge in [-0.1, -0.05) is 46.9 Å². The van der Waals surface area contributed by atoms with Gasteiger partial charge < -0.3 is 4.74 Å². The Morgan fingerprint density at radius 2 is 1.67 bits per heavy atom. The van der Waals surface area contributed by atoms with E-state index in [0.717, 1.165) is 11.1 Å². The highest BCUT2D eigenvalue weighted by Gasteiger charge is 2.09. The van der Waals surface area contributed by atoms with Crippen molar-refractivity contribution in [2.75, 3.05) is 7.11 Å². The van der Waals surface area contributed by atoms with Gasteiger partial charge in [0.05, 0.1) is 28.8 Å². The van der Waals surface area contributed by atoms with Crippen molar-refractivity contribution in [1.29, 1.82) is 5.26 Å². The fraction of sp³-hybridized carbons (Fsp3) is 0.0625. The smallest absolute Gasteiger partial charge is 0.156 e. The summed E-state index contributed by atoms with van der Waals surface area (Å²) in [6.07, 6.45) is 1.71. The second-order valence-corrected chi connectivity index (χ2v) is 5.45. The summed E-state index contributed by atoms with van der Waals surface area (Å²) < 4.78 is 5.10. The van der Waals surface area contributed by atoms with Gasteiger partial charge >= 0.3 is 0 Å². The molecule has 2 nitrogen and oxygen atoms in total. The van der Waals surface area contributed by atoms with Crippen molar-refractivity contribution in [1.82, 2.24) is 0 Å². The number of benzene rings is 2. The number of hydrogen-bond acceptors (Lipinski definition) is 2. The Labute approximate surface area is 138 Å². The molecule has 0 aliphatic heterocycles. The van der Waals surface area contributed by atoms with Crippen LogP contribution in [0.1, 0.15) is 11.1 Å². The van der Waals surface area contributed by atoms with Crippen molar-refractivity contribution in [2.45, 2.75) is 0 Å². The molecule has 0 spiro atoms. The highest BCUT2D eigenvalue weighted by atomic mass is 35.5. The minimum absolute atomic E-state index is 0.393. The number of nitrogens with zero attached hydrogens (tertiary/aromatic N) is 1. The van der Waals surface area contributed by atoms with E-state index in [1.807, 2.05) is 0 Å². The van der Waals surface area contributed by atoms with Crippen molar-refractivity contribution < 1.29 is 4.74 Å². The maximum absolute atomic E-state index is 9.31. The third-order valence-electron chi connectivity index (χ3n) is 2.81. The Hall–Kier alpha value is -1.66. The van der Waals surface area contributed by atoms with Crippen LogP contribution >= 0.6 is 34.8 Å². The molecule has 0 saturated heterocycles. The number of methoxy groups -OCH3 is 1. The molecule has 0 unspecified atom stereocenters. The molecule has 0 radical (unpaired) electrons. The van der Waals surface area contributed by atoms with Gasteiger partial charge in [-0.05, 0) is 41.5 Å². The fourth-order valence-corrected chi connectivity index (χ4v) is 2.62. The summed E-state index contributed by atoms with van der Waals surface area (Å²) in [5, 5.41) is 10.7. The molecule has 0 aromatic heterocycles. The normalized spacial score (nSPS) is 11.1. The molecule has 0 saturated carbocycles. The summed E-state index contributed by atoms with van der Waals surface area (Å²) in [7, 11) is 1.50. The SMILES string of the molecule is COc1c(Cl)cc(C=C(C#N)c2ccc(Cl)cc2)cc1Cl. The van der Waals surface area contributed by atoms with E-state index in [2.05, 4.69) is 6.07 Å². The number of halogens is 3. The van der Waals surface area contributed by atoms with Crippen molar-refractivity contribution >= 4 is 46.5 Å². The molecule has 0 bridgehead atoms. The molecule has 21 heavy (non-hydrogen) atoms. The molecular weight excluding hydrogens is 329 g/mol. The first kappa shape index (κ1) is 15.7. The van der Waals surface area contributed by atoms with Crippen molar-refractivity contribution in [3.05, 3.63) is 62.6 Å². The van der Waals surface area contributed by atoms with Crippen LogP contribution < -0.4 is 4.74 Å². The first-order valence-corrected chi connectivity index (χ1v) is 7.09. The van der Waals surface area contributed by atoms with Gasteiger partial charge in [-0.25, -0.2) is 0 Å². The van der Waals surface area contributed by atoms with E-state index in [-0.39, 0.29) is 0 Å². The van der Waals surface area contributed by atoms with Gasteiger partial charge in [0.25, 0.3) is 0 Å². The summed E-state index contributed by atoms with van der Waals surface area (Å²) in [6, 6.07) is 12.6. The lowest BCUT2D eigenvalue weighted by atomic mass is 10.0. The number of hydrogen-bond donors (Lipinski definition) is 0. The first-order valence-electron chi connectivity index (χ1n) is 5.96. The Kier molecular flexibility index (Phi) is 5.14. The molecule has 0 aliphatic carbocycles. The second-order valence-electron chi connectivity index (χ2n) is 4.19. The van der Waals surface area contributed by atoms with Crippen molar-refractivity contribution in [2.24, 2.45) is 0 Å². The Morgan fingerprint density at radius 3 is 2.14 bits per heavy atom. The van der Waals surface area contributed by atoms with Crippen molar-refractivity contribution in [3.63, 3.8) is 0 Å². The monoisotopic (exact) mass is 337 g/mol. The van der Waals surface area contributed by atoms with Crippen LogP contribution in [0.5, 0.6) is 5.75 Å². The van der Waals surface area contributed by atoms with Gasteiger partial charge in [-0.15, -0.1) is 0 Å². The van der Waals surface area contributed by atoms with Crippen molar-refractivity contribution in [3.8, 4) is 11.8 Å². The van der Waals surface area contributed by atoms with Crippen LogP contribution in [0.3, 0.4) is 0 Å². The quantitative estimate of drug-likeness (QED) is 0.529. The van der Waals surface area contributed by atoms with Gasteiger partial charge in [0.2, 0.25) is 0 Å². The van der Waals surface area contributed by atoms with E-state index >= 15 is 0 Å². The fourth-order valence-electron chi connectivity index (χ4n) is 1.83. The summed E-state index contributed by atoms with van der Waals surface area (Å²) in [6.45, 7) is 0. The summed E-state index contributed by atoms with van der Waals surface area (Å²) in [5.41, 5.74) is 1.98. The maximum atomic E-state index is 9.31. The van der Waals surface area contributed by atoms with Crippen LogP contribution in [0.15, 0.2) is 36.4 Å². The molecule has 0 heterocycles. The zero-order valence-corrected chi connectivity index (χ0v) is 13.3. The molecule has 5 heteroatoms.